The third-order valence-corrected chi connectivity index (χ3v) is 6.96. The van der Waals surface area contributed by atoms with Crippen LogP contribution in [0.3, 0.4) is 0 Å². The van der Waals surface area contributed by atoms with Crippen molar-refractivity contribution < 1.29 is 0 Å². The second-order valence-corrected chi connectivity index (χ2v) is 9.08. The Hall–Kier alpha value is -2.97. The molecule has 6 rings (SSSR count). The van der Waals surface area contributed by atoms with E-state index < -0.39 is 0 Å². The van der Waals surface area contributed by atoms with Gasteiger partial charge in [-0.05, 0) is 44.4 Å². The van der Waals surface area contributed by atoms with E-state index in [2.05, 4.69) is 31.6 Å². The molecular formula is C22H20Cl2N8. The molecule has 2 aliphatic heterocycles. The molecule has 1 aromatic carbocycles. The van der Waals surface area contributed by atoms with E-state index in [4.69, 9.17) is 33.2 Å². The van der Waals surface area contributed by atoms with Gasteiger partial charge in [-0.3, -0.25) is 9.13 Å². The minimum atomic E-state index is -0.196. The van der Waals surface area contributed by atoms with Gasteiger partial charge in [0.25, 0.3) is 0 Å². The summed E-state index contributed by atoms with van der Waals surface area (Å²) < 4.78 is 3.97. The van der Waals surface area contributed by atoms with Crippen LogP contribution >= 0.6 is 23.2 Å². The van der Waals surface area contributed by atoms with Gasteiger partial charge in [-0.25, -0.2) is 9.97 Å². The standard InChI is InChI=1S/C22H20Cl2N8/c1-3-22-5-4-7-31(22)19-17(32-13(2)28-29-20(22)32)12-26-21(27-19)30-8-6-25-18(30)14-9-15(23)11-16(24)10-14/h6,8-12H,3-5,7H2,1-2H3/t22-/m0/s1. The fourth-order valence-corrected chi connectivity index (χ4v) is 5.61. The van der Waals surface area contributed by atoms with Crippen LogP contribution in [-0.2, 0) is 5.54 Å². The van der Waals surface area contributed by atoms with E-state index in [9.17, 15) is 0 Å². The molecule has 0 saturated carbocycles. The Bertz CT molecular complexity index is 1340. The van der Waals surface area contributed by atoms with Crippen LogP contribution in [0.4, 0.5) is 5.82 Å². The molecule has 1 fully saturated rings. The first-order valence-electron chi connectivity index (χ1n) is 10.6. The lowest BCUT2D eigenvalue weighted by Gasteiger charge is -2.42. The fraction of sp³-hybridized carbons (Fsp3) is 0.318. The van der Waals surface area contributed by atoms with E-state index in [1.54, 1.807) is 12.3 Å². The van der Waals surface area contributed by atoms with Crippen molar-refractivity contribution in [3.8, 4) is 23.0 Å². The van der Waals surface area contributed by atoms with Crippen molar-refractivity contribution in [2.45, 2.75) is 38.6 Å². The van der Waals surface area contributed by atoms with Gasteiger partial charge in [-0.15, -0.1) is 10.2 Å². The predicted molar refractivity (Wildman–Crippen MR) is 123 cm³/mol. The molecule has 8 nitrogen and oxygen atoms in total. The minimum absolute atomic E-state index is 0.196. The maximum absolute atomic E-state index is 6.23. The predicted octanol–water partition coefficient (Wildman–Crippen LogP) is 4.74. The van der Waals surface area contributed by atoms with Crippen LogP contribution < -0.4 is 4.90 Å². The summed E-state index contributed by atoms with van der Waals surface area (Å²) in [6, 6.07) is 5.37. The number of hydrogen-bond donors (Lipinski definition) is 0. The SMILES string of the molecule is CC[C@@]12CCCN1c1nc(-n3ccnc3-c3cc(Cl)cc(Cl)c3)ncc1-n1c(C)nnc12. The van der Waals surface area contributed by atoms with E-state index in [1.807, 2.05) is 36.0 Å². The number of fused-ring (bicyclic) bond motifs is 6. The van der Waals surface area contributed by atoms with E-state index in [0.29, 0.717) is 21.8 Å². The van der Waals surface area contributed by atoms with Crippen LogP contribution in [0.15, 0.2) is 36.8 Å². The number of halogens is 2. The molecule has 4 aromatic rings. The van der Waals surface area contributed by atoms with Gasteiger partial charge >= 0.3 is 0 Å². The molecule has 0 bridgehead atoms. The van der Waals surface area contributed by atoms with Crippen LogP contribution in [0.2, 0.25) is 10.0 Å². The Labute approximate surface area is 194 Å². The smallest absolute Gasteiger partial charge is 0.237 e. The summed E-state index contributed by atoms with van der Waals surface area (Å²) in [6.07, 6.45) is 8.46. The number of anilines is 1. The summed E-state index contributed by atoms with van der Waals surface area (Å²) in [7, 11) is 0. The van der Waals surface area contributed by atoms with E-state index in [-0.39, 0.29) is 5.54 Å². The lowest BCUT2D eigenvalue weighted by atomic mass is 9.90. The topological polar surface area (TPSA) is 77.5 Å². The first-order chi connectivity index (χ1) is 15.5. The van der Waals surface area contributed by atoms with Crippen LogP contribution in [0.25, 0.3) is 23.0 Å². The van der Waals surface area contributed by atoms with E-state index in [0.717, 1.165) is 54.5 Å². The molecule has 2 aliphatic rings. The Morgan fingerprint density at radius 1 is 1.09 bits per heavy atom. The second-order valence-electron chi connectivity index (χ2n) is 8.20. The van der Waals surface area contributed by atoms with Gasteiger partial charge in [0.1, 0.15) is 22.9 Å². The molecule has 3 aromatic heterocycles. The quantitative estimate of drug-likeness (QED) is 0.433. The van der Waals surface area contributed by atoms with Crippen molar-refractivity contribution in [2.24, 2.45) is 0 Å². The summed E-state index contributed by atoms with van der Waals surface area (Å²) in [4.78, 5) is 16.6. The Morgan fingerprint density at radius 2 is 1.91 bits per heavy atom. The summed E-state index contributed by atoms with van der Waals surface area (Å²) in [6.45, 7) is 5.10. The van der Waals surface area contributed by atoms with Crippen LogP contribution in [0.5, 0.6) is 0 Å². The molecule has 0 N–H and O–H groups in total. The zero-order valence-electron chi connectivity index (χ0n) is 17.6. The number of benzene rings is 1. The average molecular weight is 467 g/mol. The van der Waals surface area contributed by atoms with Crippen molar-refractivity contribution in [1.29, 1.82) is 0 Å². The number of rotatable bonds is 3. The zero-order chi connectivity index (χ0) is 22.0. The highest BCUT2D eigenvalue weighted by atomic mass is 35.5. The first-order valence-corrected chi connectivity index (χ1v) is 11.3. The Kier molecular flexibility index (Phi) is 4.32. The molecule has 1 atom stereocenters. The second kappa shape index (κ2) is 7.02. The van der Waals surface area contributed by atoms with Crippen molar-refractivity contribution in [2.75, 3.05) is 11.4 Å². The number of hydrogen-bond acceptors (Lipinski definition) is 6. The minimum Gasteiger partial charge on any atom is -0.342 e. The maximum atomic E-state index is 6.23. The van der Waals surface area contributed by atoms with E-state index >= 15 is 0 Å². The molecule has 10 heteroatoms. The number of imidazole rings is 1. The number of aromatic nitrogens is 7. The van der Waals surface area contributed by atoms with Gasteiger partial charge in [0.15, 0.2) is 11.6 Å². The lowest BCUT2D eigenvalue weighted by Crippen LogP contribution is -2.47. The molecule has 0 spiro atoms. The average Bonchev–Trinajstić information content (AvgIpc) is 3.51. The zero-order valence-corrected chi connectivity index (χ0v) is 19.1. The van der Waals surface area contributed by atoms with Gasteiger partial charge < -0.3 is 4.90 Å². The number of nitrogens with zero attached hydrogens (tertiary/aromatic N) is 8. The van der Waals surface area contributed by atoms with Crippen molar-refractivity contribution >= 4 is 29.0 Å². The fourth-order valence-electron chi connectivity index (χ4n) is 5.09. The van der Waals surface area contributed by atoms with Gasteiger partial charge in [0.05, 0.1) is 6.20 Å². The van der Waals surface area contributed by atoms with Crippen LogP contribution in [-0.4, -0.2) is 40.8 Å². The molecular weight excluding hydrogens is 447 g/mol. The molecule has 0 aliphatic carbocycles. The molecule has 1 saturated heterocycles. The molecule has 0 unspecified atom stereocenters. The molecule has 162 valence electrons. The van der Waals surface area contributed by atoms with Crippen LogP contribution in [0.1, 0.15) is 37.8 Å². The molecule has 32 heavy (non-hydrogen) atoms. The normalized spacial score (nSPS) is 19.1. The molecule has 5 heterocycles. The van der Waals surface area contributed by atoms with Crippen molar-refractivity contribution in [1.82, 2.24) is 34.3 Å². The van der Waals surface area contributed by atoms with E-state index in [1.165, 1.54) is 0 Å². The summed E-state index contributed by atoms with van der Waals surface area (Å²) in [5.41, 5.74) is 1.51. The highest BCUT2D eigenvalue weighted by molar-refractivity contribution is 6.35. The van der Waals surface area contributed by atoms with Crippen LogP contribution in [0, 0.1) is 6.92 Å². The number of aryl methyl sites for hydroxylation is 1. The van der Waals surface area contributed by atoms with Crippen molar-refractivity contribution in [3.05, 3.63) is 58.5 Å². The molecule has 0 amide bonds. The van der Waals surface area contributed by atoms with Gasteiger partial charge in [-0.2, -0.15) is 4.98 Å². The Morgan fingerprint density at radius 3 is 2.69 bits per heavy atom. The van der Waals surface area contributed by atoms with Crippen molar-refractivity contribution in [3.63, 3.8) is 0 Å². The lowest BCUT2D eigenvalue weighted by molar-refractivity contribution is 0.381. The third-order valence-electron chi connectivity index (χ3n) is 6.53. The largest absolute Gasteiger partial charge is 0.342 e. The Balaban J connectivity index is 1.54. The third kappa shape index (κ3) is 2.66. The van der Waals surface area contributed by atoms with Gasteiger partial charge in [-0.1, -0.05) is 30.1 Å². The highest BCUT2D eigenvalue weighted by Gasteiger charge is 2.50. The monoisotopic (exact) mass is 466 g/mol. The first kappa shape index (κ1) is 19.7. The van der Waals surface area contributed by atoms with Gasteiger partial charge in [0.2, 0.25) is 5.95 Å². The maximum Gasteiger partial charge on any atom is 0.237 e. The summed E-state index contributed by atoms with van der Waals surface area (Å²) in [5, 5.41) is 10.0. The summed E-state index contributed by atoms with van der Waals surface area (Å²) in [5.74, 6) is 3.94. The summed E-state index contributed by atoms with van der Waals surface area (Å²) >= 11 is 12.5. The van der Waals surface area contributed by atoms with Gasteiger partial charge in [0, 0.05) is 34.5 Å². The molecule has 0 radical (unpaired) electrons. The highest BCUT2D eigenvalue weighted by Crippen LogP contribution is 2.49.